The number of rotatable bonds is 5. The lowest BCUT2D eigenvalue weighted by molar-refractivity contribution is -0.139. The maximum Gasteiger partial charge on any atom is 0.326 e. The van der Waals surface area contributed by atoms with Crippen LogP contribution >= 0.6 is 11.8 Å². The van der Waals surface area contributed by atoms with Crippen molar-refractivity contribution in [1.82, 2.24) is 10.6 Å². The predicted molar refractivity (Wildman–Crippen MR) is 57.9 cm³/mol. The SMILES string of the molecule is CSCCC(NC1=NCCN1)C(=O)O. The summed E-state index contributed by atoms with van der Waals surface area (Å²) in [7, 11) is 0. The van der Waals surface area contributed by atoms with Gasteiger partial charge in [0.15, 0.2) is 5.96 Å². The van der Waals surface area contributed by atoms with E-state index in [1.165, 1.54) is 0 Å². The van der Waals surface area contributed by atoms with Crippen LogP contribution in [0.5, 0.6) is 0 Å². The van der Waals surface area contributed by atoms with Gasteiger partial charge in [0.05, 0.1) is 6.54 Å². The minimum Gasteiger partial charge on any atom is -0.480 e. The standard InChI is InChI=1S/C8H15N3O2S/c1-14-5-2-6(7(12)13)11-8-9-3-4-10-8/h6H,2-5H2,1H3,(H,12,13)(H2,9,10,11). The van der Waals surface area contributed by atoms with Crippen LogP contribution in [0.3, 0.4) is 0 Å². The number of aliphatic imine (C=N–C) groups is 1. The van der Waals surface area contributed by atoms with E-state index in [2.05, 4.69) is 15.6 Å². The molecule has 1 unspecified atom stereocenters. The smallest absolute Gasteiger partial charge is 0.326 e. The van der Waals surface area contributed by atoms with Gasteiger partial charge in [-0.05, 0) is 18.4 Å². The Morgan fingerprint density at radius 1 is 1.86 bits per heavy atom. The van der Waals surface area contributed by atoms with Gasteiger partial charge < -0.3 is 15.7 Å². The monoisotopic (exact) mass is 217 g/mol. The fourth-order valence-corrected chi connectivity index (χ4v) is 1.62. The quantitative estimate of drug-likeness (QED) is 0.592. The van der Waals surface area contributed by atoms with Crippen molar-refractivity contribution < 1.29 is 9.90 Å². The summed E-state index contributed by atoms with van der Waals surface area (Å²) in [4.78, 5) is 14.9. The fourth-order valence-electron chi connectivity index (χ4n) is 1.15. The number of nitrogens with one attached hydrogen (secondary N) is 2. The maximum atomic E-state index is 10.8. The minimum absolute atomic E-state index is 0.535. The number of thioether (sulfide) groups is 1. The van der Waals surface area contributed by atoms with Crippen molar-refractivity contribution in [3.63, 3.8) is 0 Å². The van der Waals surface area contributed by atoms with E-state index in [0.29, 0.717) is 12.4 Å². The average Bonchev–Trinajstić information content (AvgIpc) is 2.64. The molecular weight excluding hydrogens is 202 g/mol. The topological polar surface area (TPSA) is 73.7 Å². The molecule has 0 fully saturated rings. The maximum absolute atomic E-state index is 10.8. The number of carboxylic acids is 1. The van der Waals surface area contributed by atoms with Crippen molar-refractivity contribution in [1.29, 1.82) is 0 Å². The Morgan fingerprint density at radius 2 is 2.64 bits per heavy atom. The van der Waals surface area contributed by atoms with Crippen molar-refractivity contribution >= 4 is 23.7 Å². The molecular formula is C8H15N3O2S. The first kappa shape index (κ1) is 11.2. The summed E-state index contributed by atoms with van der Waals surface area (Å²) in [5.41, 5.74) is 0. The summed E-state index contributed by atoms with van der Waals surface area (Å²) < 4.78 is 0. The van der Waals surface area contributed by atoms with Crippen molar-refractivity contribution in [3.8, 4) is 0 Å². The average molecular weight is 217 g/mol. The van der Waals surface area contributed by atoms with Crippen LogP contribution in [0.1, 0.15) is 6.42 Å². The first-order chi connectivity index (χ1) is 6.74. The summed E-state index contributed by atoms with van der Waals surface area (Å²) in [5.74, 6) is 0.617. The molecule has 0 bridgehead atoms. The van der Waals surface area contributed by atoms with E-state index < -0.39 is 12.0 Å². The number of hydrogen-bond donors (Lipinski definition) is 3. The molecule has 6 heteroatoms. The first-order valence-electron chi connectivity index (χ1n) is 4.50. The van der Waals surface area contributed by atoms with Gasteiger partial charge in [-0.15, -0.1) is 0 Å². The van der Waals surface area contributed by atoms with Gasteiger partial charge in [0.2, 0.25) is 0 Å². The van der Waals surface area contributed by atoms with Crippen LogP contribution in [0.4, 0.5) is 0 Å². The van der Waals surface area contributed by atoms with Gasteiger partial charge >= 0.3 is 5.97 Å². The first-order valence-corrected chi connectivity index (χ1v) is 5.90. The molecule has 0 saturated heterocycles. The van der Waals surface area contributed by atoms with E-state index in [1.54, 1.807) is 11.8 Å². The highest BCUT2D eigenvalue weighted by molar-refractivity contribution is 7.98. The van der Waals surface area contributed by atoms with E-state index >= 15 is 0 Å². The molecule has 0 radical (unpaired) electrons. The molecule has 3 N–H and O–H groups in total. The summed E-state index contributed by atoms with van der Waals surface area (Å²) >= 11 is 1.64. The molecule has 0 aromatic rings. The third-order valence-electron chi connectivity index (χ3n) is 1.89. The molecule has 0 aromatic carbocycles. The van der Waals surface area contributed by atoms with Crippen LogP contribution in [0.15, 0.2) is 4.99 Å². The molecule has 1 aliphatic heterocycles. The van der Waals surface area contributed by atoms with Crippen LogP contribution in [0, 0.1) is 0 Å². The predicted octanol–water partition coefficient (Wildman–Crippen LogP) is -0.259. The van der Waals surface area contributed by atoms with Crippen LogP contribution < -0.4 is 10.6 Å². The largest absolute Gasteiger partial charge is 0.480 e. The van der Waals surface area contributed by atoms with Crippen LogP contribution in [0.25, 0.3) is 0 Å². The number of guanidine groups is 1. The molecule has 5 nitrogen and oxygen atoms in total. The van der Waals surface area contributed by atoms with Crippen molar-refractivity contribution in [3.05, 3.63) is 0 Å². The Bertz CT molecular complexity index is 233. The zero-order valence-electron chi connectivity index (χ0n) is 8.12. The Kier molecular flexibility index (Phi) is 4.58. The number of nitrogens with zero attached hydrogens (tertiary/aromatic N) is 1. The van der Waals surface area contributed by atoms with Gasteiger partial charge in [-0.1, -0.05) is 0 Å². The van der Waals surface area contributed by atoms with Gasteiger partial charge in [-0.3, -0.25) is 4.99 Å². The number of hydrogen-bond acceptors (Lipinski definition) is 5. The van der Waals surface area contributed by atoms with Gasteiger partial charge in [0, 0.05) is 6.54 Å². The van der Waals surface area contributed by atoms with Crippen LogP contribution in [0.2, 0.25) is 0 Å². The molecule has 0 aromatic heterocycles. The molecule has 1 heterocycles. The van der Waals surface area contributed by atoms with Crippen LogP contribution in [-0.4, -0.2) is 48.2 Å². The number of carboxylic acid groups (broad SMARTS) is 1. The zero-order valence-corrected chi connectivity index (χ0v) is 8.93. The minimum atomic E-state index is -0.824. The van der Waals surface area contributed by atoms with Crippen LogP contribution in [-0.2, 0) is 4.79 Å². The molecule has 0 amide bonds. The molecule has 1 atom stereocenters. The normalized spacial score (nSPS) is 17.1. The van der Waals surface area contributed by atoms with Gasteiger partial charge in [0.1, 0.15) is 6.04 Å². The highest BCUT2D eigenvalue weighted by Gasteiger charge is 2.19. The summed E-state index contributed by atoms with van der Waals surface area (Å²) in [6, 6.07) is -0.535. The van der Waals surface area contributed by atoms with E-state index in [1.807, 2.05) is 6.26 Å². The van der Waals surface area contributed by atoms with E-state index in [4.69, 9.17) is 5.11 Å². The molecule has 1 rings (SSSR count). The summed E-state index contributed by atoms with van der Waals surface area (Å²) in [5, 5.41) is 14.8. The Hall–Kier alpha value is -0.910. The van der Waals surface area contributed by atoms with Crippen molar-refractivity contribution in [2.75, 3.05) is 25.1 Å². The molecule has 0 saturated carbocycles. The van der Waals surface area contributed by atoms with Gasteiger partial charge in [-0.25, -0.2) is 4.79 Å². The molecule has 14 heavy (non-hydrogen) atoms. The Balaban J connectivity index is 2.38. The molecule has 1 aliphatic rings. The van der Waals surface area contributed by atoms with E-state index in [-0.39, 0.29) is 0 Å². The van der Waals surface area contributed by atoms with E-state index in [0.717, 1.165) is 18.8 Å². The number of aliphatic carboxylic acids is 1. The zero-order chi connectivity index (χ0) is 10.4. The van der Waals surface area contributed by atoms with Gasteiger partial charge in [-0.2, -0.15) is 11.8 Å². The molecule has 0 aliphatic carbocycles. The third-order valence-corrected chi connectivity index (χ3v) is 2.54. The fraction of sp³-hybridized carbons (Fsp3) is 0.750. The highest BCUT2D eigenvalue weighted by Crippen LogP contribution is 2.01. The van der Waals surface area contributed by atoms with Crippen molar-refractivity contribution in [2.24, 2.45) is 4.99 Å². The lowest BCUT2D eigenvalue weighted by Gasteiger charge is -2.14. The Morgan fingerprint density at radius 3 is 3.14 bits per heavy atom. The summed E-state index contributed by atoms with van der Waals surface area (Å²) in [6.07, 6.45) is 2.57. The second-order valence-electron chi connectivity index (χ2n) is 2.97. The molecule has 0 spiro atoms. The second-order valence-corrected chi connectivity index (χ2v) is 3.96. The molecule has 80 valence electrons. The third kappa shape index (κ3) is 3.45. The highest BCUT2D eigenvalue weighted by atomic mass is 32.2. The summed E-state index contributed by atoms with van der Waals surface area (Å²) in [6.45, 7) is 1.51. The Labute approximate surface area is 87.4 Å². The lowest BCUT2D eigenvalue weighted by Crippen LogP contribution is -2.45. The second kappa shape index (κ2) is 5.74. The van der Waals surface area contributed by atoms with E-state index in [9.17, 15) is 4.79 Å². The lowest BCUT2D eigenvalue weighted by atomic mass is 10.2. The van der Waals surface area contributed by atoms with Crippen molar-refractivity contribution in [2.45, 2.75) is 12.5 Å². The van der Waals surface area contributed by atoms with Gasteiger partial charge in [0.25, 0.3) is 0 Å². The number of carbonyl (C=O) groups is 1.